The van der Waals surface area contributed by atoms with E-state index in [0.717, 1.165) is 18.4 Å². The second-order valence-corrected chi connectivity index (χ2v) is 7.85. The number of alkyl carbamates (subject to hydrolysis) is 2. The minimum atomic E-state index is -0.637. The van der Waals surface area contributed by atoms with Gasteiger partial charge in [-0.1, -0.05) is 30.3 Å². The second kappa shape index (κ2) is 9.96. The van der Waals surface area contributed by atoms with Crippen LogP contribution in [0.15, 0.2) is 30.3 Å². The van der Waals surface area contributed by atoms with Crippen LogP contribution in [0.5, 0.6) is 0 Å². The molecule has 1 aliphatic heterocycles. The van der Waals surface area contributed by atoms with Gasteiger partial charge >= 0.3 is 12.2 Å². The molecule has 0 bridgehead atoms. The largest absolute Gasteiger partial charge is 0.444 e. The van der Waals surface area contributed by atoms with E-state index in [-0.39, 0.29) is 12.6 Å². The number of ether oxygens (including phenoxy) is 2. The van der Waals surface area contributed by atoms with Crippen LogP contribution < -0.4 is 10.6 Å². The van der Waals surface area contributed by atoms with E-state index in [4.69, 9.17) is 14.9 Å². The van der Waals surface area contributed by atoms with Gasteiger partial charge in [0.15, 0.2) is 0 Å². The molecule has 154 valence electrons. The molecule has 28 heavy (non-hydrogen) atoms. The normalized spacial score (nSPS) is 14.9. The lowest BCUT2D eigenvalue weighted by molar-refractivity contribution is 0.0513. The van der Waals surface area contributed by atoms with Crippen molar-refractivity contribution in [2.45, 2.75) is 45.8 Å². The summed E-state index contributed by atoms with van der Waals surface area (Å²) in [6.07, 6.45) is 0.589. The molecule has 1 heterocycles. The first-order valence-electron chi connectivity index (χ1n) is 9.51. The molecule has 0 spiro atoms. The number of piperidine rings is 1. The lowest BCUT2D eigenvalue weighted by atomic mass is 9.97. The third kappa shape index (κ3) is 7.85. The first-order chi connectivity index (χ1) is 13.2. The Labute approximate surface area is 166 Å². The van der Waals surface area contributed by atoms with Crippen molar-refractivity contribution in [2.75, 3.05) is 19.6 Å². The number of hydrogen-bond donors (Lipinski definition) is 3. The van der Waals surface area contributed by atoms with Gasteiger partial charge in [-0.25, -0.2) is 9.59 Å². The molecule has 1 fully saturated rings. The molecule has 2 rings (SSSR count). The number of guanidine groups is 1. The number of nitrogens with one attached hydrogen (secondary N) is 3. The summed E-state index contributed by atoms with van der Waals surface area (Å²) in [7, 11) is 0. The van der Waals surface area contributed by atoms with Crippen molar-refractivity contribution < 1.29 is 19.1 Å². The summed E-state index contributed by atoms with van der Waals surface area (Å²) in [6, 6.07) is 9.39. The highest BCUT2D eigenvalue weighted by Gasteiger charge is 2.23. The first-order valence-corrected chi connectivity index (χ1v) is 9.51. The summed E-state index contributed by atoms with van der Waals surface area (Å²) in [4.78, 5) is 25.4. The summed E-state index contributed by atoms with van der Waals surface area (Å²) in [5.74, 6) is 0.359. The molecule has 1 aromatic rings. The molecule has 0 atom stereocenters. The van der Waals surface area contributed by atoms with E-state index in [2.05, 4.69) is 10.6 Å². The van der Waals surface area contributed by atoms with Gasteiger partial charge in [-0.05, 0) is 45.1 Å². The van der Waals surface area contributed by atoms with Crippen LogP contribution in [-0.2, 0) is 16.1 Å². The molecule has 0 unspecified atom stereocenters. The van der Waals surface area contributed by atoms with Crippen LogP contribution >= 0.6 is 0 Å². The lowest BCUT2D eigenvalue weighted by Gasteiger charge is -2.33. The zero-order valence-corrected chi connectivity index (χ0v) is 16.8. The number of nitrogens with zero attached hydrogens (tertiary/aromatic N) is 1. The molecule has 1 aliphatic rings. The first kappa shape index (κ1) is 21.5. The minimum absolute atomic E-state index is 0.0385. The molecule has 1 aromatic carbocycles. The lowest BCUT2D eigenvalue weighted by Crippen LogP contribution is -2.48. The van der Waals surface area contributed by atoms with Gasteiger partial charge in [-0.3, -0.25) is 10.7 Å². The number of carbonyl (C=O) groups excluding carboxylic acids is 2. The number of amides is 2. The maximum absolute atomic E-state index is 11.9. The van der Waals surface area contributed by atoms with Crippen molar-refractivity contribution in [3.05, 3.63) is 35.9 Å². The molecular weight excluding hydrogens is 360 g/mol. The van der Waals surface area contributed by atoms with Gasteiger partial charge in [0.25, 0.3) is 0 Å². The zero-order chi connectivity index (χ0) is 20.6. The Kier molecular flexibility index (Phi) is 7.66. The fourth-order valence-electron chi connectivity index (χ4n) is 2.84. The highest BCUT2D eigenvalue weighted by Crippen LogP contribution is 2.16. The summed E-state index contributed by atoms with van der Waals surface area (Å²) in [6.45, 7) is 7.47. The second-order valence-electron chi connectivity index (χ2n) is 7.85. The van der Waals surface area contributed by atoms with E-state index in [9.17, 15) is 9.59 Å². The van der Waals surface area contributed by atoms with Gasteiger partial charge in [0, 0.05) is 19.6 Å². The molecule has 0 aliphatic carbocycles. The van der Waals surface area contributed by atoms with Crippen LogP contribution in [0.3, 0.4) is 0 Å². The van der Waals surface area contributed by atoms with Crippen molar-refractivity contribution in [1.82, 2.24) is 15.5 Å². The Morgan fingerprint density at radius 2 is 1.79 bits per heavy atom. The molecule has 0 saturated carbocycles. The molecule has 0 radical (unpaired) electrons. The zero-order valence-electron chi connectivity index (χ0n) is 16.8. The number of carbonyl (C=O) groups is 2. The maximum Gasteiger partial charge on any atom is 0.414 e. The average Bonchev–Trinajstić information content (AvgIpc) is 2.64. The third-order valence-electron chi connectivity index (χ3n) is 4.30. The Morgan fingerprint density at radius 1 is 1.14 bits per heavy atom. The summed E-state index contributed by atoms with van der Waals surface area (Å²) in [5, 5.41) is 13.3. The molecule has 1 saturated heterocycles. The van der Waals surface area contributed by atoms with Crippen LogP contribution in [0.25, 0.3) is 0 Å². The number of likely N-dealkylation sites (tertiary alicyclic amines) is 1. The fourth-order valence-corrected chi connectivity index (χ4v) is 2.84. The molecular formula is C20H30N4O4. The molecule has 2 amide bonds. The molecule has 8 heteroatoms. The van der Waals surface area contributed by atoms with Crippen molar-refractivity contribution in [1.29, 1.82) is 5.41 Å². The number of hydrogen-bond acceptors (Lipinski definition) is 5. The Hall–Kier alpha value is -2.77. The topological polar surface area (TPSA) is 104 Å². The van der Waals surface area contributed by atoms with Crippen LogP contribution in [0.1, 0.15) is 39.2 Å². The highest BCUT2D eigenvalue weighted by molar-refractivity contribution is 5.92. The minimum Gasteiger partial charge on any atom is -0.444 e. The summed E-state index contributed by atoms with van der Waals surface area (Å²) < 4.78 is 10.4. The monoisotopic (exact) mass is 390 g/mol. The van der Waals surface area contributed by atoms with Crippen LogP contribution in [0.2, 0.25) is 0 Å². The Bertz CT molecular complexity index is 665. The molecule has 0 aromatic heterocycles. The van der Waals surface area contributed by atoms with Crippen LogP contribution in [-0.4, -0.2) is 48.3 Å². The van der Waals surface area contributed by atoms with Crippen LogP contribution in [0.4, 0.5) is 9.59 Å². The Balaban J connectivity index is 1.64. The van der Waals surface area contributed by atoms with E-state index >= 15 is 0 Å². The van der Waals surface area contributed by atoms with Gasteiger partial charge in [-0.2, -0.15) is 0 Å². The van der Waals surface area contributed by atoms with E-state index in [1.54, 1.807) is 4.90 Å². The fraction of sp³-hybridized carbons (Fsp3) is 0.550. The van der Waals surface area contributed by atoms with Gasteiger partial charge in [0.1, 0.15) is 12.2 Å². The van der Waals surface area contributed by atoms with Crippen molar-refractivity contribution >= 4 is 18.1 Å². The van der Waals surface area contributed by atoms with E-state index in [1.807, 2.05) is 51.1 Å². The summed E-state index contributed by atoms with van der Waals surface area (Å²) >= 11 is 0. The number of rotatable bonds is 4. The maximum atomic E-state index is 11.9. The smallest absolute Gasteiger partial charge is 0.414 e. The Morgan fingerprint density at radius 3 is 2.39 bits per heavy atom. The van der Waals surface area contributed by atoms with E-state index in [1.165, 1.54) is 0 Å². The molecule has 3 N–H and O–H groups in total. The van der Waals surface area contributed by atoms with Crippen molar-refractivity contribution in [3.8, 4) is 0 Å². The van der Waals surface area contributed by atoms with Crippen molar-refractivity contribution in [2.24, 2.45) is 5.92 Å². The number of benzene rings is 1. The quantitative estimate of drug-likeness (QED) is 0.541. The predicted octanol–water partition coefficient (Wildman–Crippen LogP) is 3.08. The van der Waals surface area contributed by atoms with Crippen molar-refractivity contribution in [3.63, 3.8) is 0 Å². The van der Waals surface area contributed by atoms with Gasteiger partial charge in [-0.15, -0.1) is 0 Å². The van der Waals surface area contributed by atoms with Gasteiger partial charge in [0.05, 0.1) is 0 Å². The standard InChI is InChI=1S/C20H30N4O4/c1-20(2,3)28-18(25)22-13-15-9-11-24(12-10-15)17(21)23-19(26)27-14-16-7-5-4-6-8-16/h4-8,15H,9-14H2,1-3H3,(H,22,25)(H2,21,23,26). The van der Waals surface area contributed by atoms with E-state index < -0.39 is 17.8 Å². The average molecular weight is 390 g/mol. The highest BCUT2D eigenvalue weighted by atomic mass is 16.6. The van der Waals surface area contributed by atoms with Crippen LogP contribution in [0, 0.1) is 11.3 Å². The van der Waals surface area contributed by atoms with Gasteiger partial charge < -0.3 is 19.7 Å². The van der Waals surface area contributed by atoms with Gasteiger partial charge in [0.2, 0.25) is 5.96 Å². The summed E-state index contributed by atoms with van der Waals surface area (Å²) in [5.41, 5.74) is 0.381. The molecule has 8 nitrogen and oxygen atoms in total. The third-order valence-corrected chi connectivity index (χ3v) is 4.30. The predicted molar refractivity (Wildman–Crippen MR) is 106 cm³/mol. The SMILES string of the molecule is CC(C)(C)OC(=O)NCC1CCN(C(=N)NC(=O)OCc2ccccc2)CC1. The van der Waals surface area contributed by atoms with E-state index in [0.29, 0.717) is 25.6 Å².